The van der Waals surface area contributed by atoms with Gasteiger partial charge in [0.25, 0.3) is 0 Å². The van der Waals surface area contributed by atoms with Crippen molar-refractivity contribution < 1.29 is 14.6 Å². The van der Waals surface area contributed by atoms with Crippen LogP contribution >= 0.6 is 0 Å². The van der Waals surface area contributed by atoms with Crippen LogP contribution in [0.2, 0.25) is 0 Å². The number of para-hydroxylation sites is 1. The summed E-state index contributed by atoms with van der Waals surface area (Å²) in [6, 6.07) is 8.03. The predicted molar refractivity (Wildman–Crippen MR) is 86.9 cm³/mol. The molecule has 4 nitrogen and oxygen atoms in total. The van der Waals surface area contributed by atoms with Gasteiger partial charge in [0.05, 0.1) is 13.2 Å². The van der Waals surface area contributed by atoms with Crippen LogP contribution in [0, 0.1) is 0 Å². The number of allylic oxidation sites excluding steroid dienone is 1. The minimum atomic E-state index is -0.198. The summed E-state index contributed by atoms with van der Waals surface area (Å²) in [5.74, 6) is 0.797. The molecule has 0 radical (unpaired) electrons. The van der Waals surface area contributed by atoms with E-state index in [1.54, 1.807) is 13.2 Å². The Morgan fingerprint density at radius 3 is 2.68 bits per heavy atom. The quantitative estimate of drug-likeness (QED) is 0.822. The fourth-order valence-corrected chi connectivity index (χ4v) is 2.89. The summed E-state index contributed by atoms with van der Waals surface area (Å²) in [6.45, 7) is 1.96. The van der Waals surface area contributed by atoms with Gasteiger partial charge in [-0.3, -0.25) is 4.79 Å². The SMILES string of the molecule is COc1ccccc1CC(C)=CC(=O)NC1CCC(O)CC1. The number of nitrogens with one attached hydrogen (secondary N) is 1. The average molecular weight is 303 g/mol. The first-order chi connectivity index (χ1) is 10.6. The van der Waals surface area contributed by atoms with E-state index in [4.69, 9.17) is 4.74 Å². The summed E-state index contributed by atoms with van der Waals surface area (Å²) in [4.78, 5) is 12.1. The Hall–Kier alpha value is -1.81. The lowest BCUT2D eigenvalue weighted by Gasteiger charge is -2.25. The predicted octanol–water partition coefficient (Wildman–Crippen LogP) is 2.60. The van der Waals surface area contributed by atoms with Crippen molar-refractivity contribution in [1.29, 1.82) is 0 Å². The van der Waals surface area contributed by atoms with Gasteiger partial charge in [0.15, 0.2) is 0 Å². The fourth-order valence-electron chi connectivity index (χ4n) is 2.89. The summed E-state index contributed by atoms with van der Waals surface area (Å²) in [5, 5.41) is 12.5. The van der Waals surface area contributed by atoms with Crippen molar-refractivity contribution in [2.24, 2.45) is 0 Å². The first kappa shape index (κ1) is 16.6. The summed E-state index contributed by atoms with van der Waals surface area (Å²) < 4.78 is 5.33. The summed E-state index contributed by atoms with van der Waals surface area (Å²) in [6.07, 6.45) is 5.41. The van der Waals surface area contributed by atoms with E-state index in [0.29, 0.717) is 6.42 Å². The zero-order valence-corrected chi connectivity index (χ0v) is 13.3. The van der Waals surface area contributed by atoms with Gasteiger partial charge >= 0.3 is 0 Å². The Kier molecular flexibility index (Phi) is 6.01. The summed E-state index contributed by atoms with van der Waals surface area (Å²) >= 11 is 0. The van der Waals surface area contributed by atoms with Crippen LogP contribution < -0.4 is 10.1 Å². The highest BCUT2D eigenvalue weighted by Gasteiger charge is 2.20. The molecule has 0 aromatic heterocycles. The van der Waals surface area contributed by atoms with Gasteiger partial charge in [0.1, 0.15) is 5.75 Å². The number of aliphatic hydroxyl groups excluding tert-OH is 1. The van der Waals surface area contributed by atoms with Crippen LogP contribution in [0.5, 0.6) is 5.75 Å². The molecule has 1 amide bonds. The van der Waals surface area contributed by atoms with Crippen LogP contribution in [-0.2, 0) is 11.2 Å². The van der Waals surface area contributed by atoms with Crippen LogP contribution in [0.25, 0.3) is 0 Å². The lowest BCUT2D eigenvalue weighted by molar-refractivity contribution is -0.117. The van der Waals surface area contributed by atoms with Gasteiger partial charge in [0.2, 0.25) is 5.91 Å². The van der Waals surface area contributed by atoms with Crippen molar-refractivity contribution in [3.05, 3.63) is 41.5 Å². The topological polar surface area (TPSA) is 58.6 Å². The largest absolute Gasteiger partial charge is 0.496 e. The van der Waals surface area contributed by atoms with E-state index in [1.165, 1.54) is 0 Å². The molecule has 1 aromatic carbocycles. The maximum absolute atomic E-state index is 12.1. The van der Waals surface area contributed by atoms with Gasteiger partial charge in [-0.05, 0) is 50.7 Å². The molecule has 1 saturated carbocycles. The van der Waals surface area contributed by atoms with Crippen LogP contribution in [0.3, 0.4) is 0 Å². The van der Waals surface area contributed by atoms with Gasteiger partial charge in [-0.1, -0.05) is 23.8 Å². The third-order valence-electron chi connectivity index (χ3n) is 4.08. The molecule has 0 bridgehead atoms. The zero-order chi connectivity index (χ0) is 15.9. The van der Waals surface area contributed by atoms with Gasteiger partial charge in [-0.25, -0.2) is 0 Å². The molecule has 0 spiro atoms. The van der Waals surface area contributed by atoms with Crippen molar-refractivity contribution >= 4 is 5.91 Å². The molecule has 22 heavy (non-hydrogen) atoms. The second-order valence-electron chi connectivity index (χ2n) is 5.99. The smallest absolute Gasteiger partial charge is 0.244 e. The van der Waals surface area contributed by atoms with E-state index in [0.717, 1.165) is 42.6 Å². The lowest BCUT2D eigenvalue weighted by Crippen LogP contribution is -2.37. The molecule has 1 fully saturated rings. The van der Waals surface area contributed by atoms with E-state index < -0.39 is 0 Å². The zero-order valence-electron chi connectivity index (χ0n) is 13.3. The number of rotatable bonds is 5. The van der Waals surface area contributed by atoms with Crippen LogP contribution in [0.15, 0.2) is 35.9 Å². The second-order valence-corrected chi connectivity index (χ2v) is 5.99. The summed E-state index contributed by atoms with van der Waals surface area (Å²) in [7, 11) is 1.65. The van der Waals surface area contributed by atoms with Crippen molar-refractivity contribution in [2.75, 3.05) is 7.11 Å². The molecule has 0 saturated heterocycles. The number of benzene rings is 1. The Morgan fingerprint density at radius 1 is 1.32 bits per heavy atom. The standard InChI is InChI=1S/C18H25NO3/c1-13(11-14-5-3-4-6-17(14)22-2)12-18(21)19-15-7-9-16(20)10-8-15/h3-6,12,15-16,20H,7-11H2,1-2H3,(H,19,21). The third-order valence-corrected chi connectivity index (χ3v) is 4.08. The van der Waals surface area contributed by atoms with E-state index in [9.17, 15) is 9.90 Å². The lowest BCUT2D eigenvalue weighted by atomic mass is 9.93. The second kappa shape index (κ2) is 7.99. The molecule has 0 atom stereocenters. The molecule has 4 heteroatoms. The number of ether oxygens (including phenoxy) is 1. The van der Waals surface area contributed by atoms with Crippen molar-refractivity contribution in [3.8, 4) is 5.75 Å². The van der Waals surface area contributed by atoms with Crippen LogP contribution in [-0.4, -0.2) is 30.3 Å². The molecule has 1 aliphatic carbocycles. The van der Waals surface area contributed by atoms with E-state index in [2.05, 4.69) is 5.32 Å². The molecule has 1 aromatic rings. The average Bonchev–Trinajstić information content (AvgIpc) is 2.50. The maximum Gasteiger partial charge on any atom is 0.244 e. The molecule has 2 N–H and O–H groups in total. The van der Waals surface area contributed by atoms with Crippen molar-refractivity contribution in [2.45, 2.75) is 51.2 Å². The molecular formula is C18H25NO3. The number of hydrogen-bond donors (Lipinski definition) is 2. The number of methoxy groups -OCH3 is 1. The fraction of sp³-hybridized carbons (Fsp3) is 0.500. The first-order valence-corrected chi connectivity index (χ1v) is 7.86. The van der Waals surface area contributed by atoms with Crippen LogP contribution in [0.1, 0.15) is 38.2 Å². The van der Waals surface area contributed by atoms with E-state index in [-0.39, 0.29) is 18.1 Å². The first-order valence-electron chi connectivity index (χ1n) is 7.86. The van der Waals surface area contributed by atoms with Crippen LogP contribution in [0.4, 0.5) is 0 Å². The van der Waals surface area contributed by atoms with E-state index >= 15 is 0 Å². The van der Waals surface area contributed by atoms with Gasteiger partial charge in [-0.15, -0.1) is 0 Å². The normalized spacial score (nSPS) is 22.2. The Balaban J connectivity index is 1.89. The van der Waals surface area contributed by atoms with E-state index in [1.807, 2.05) is 31.2 Å². The minimum Gasteiger partial charge on any atom is -0.496 e. The number of carbonyl (C=O) groups excluding carboxylic acids is 1. The number of amides is 1. The monoisotopic (exact) mass is 303 g/mol. The number of aliphatic hydroxyl groups is 1. The number of carbonyl (C=O) groups is 1. The summed E-state index contributed by atoms with van der Waals surface area (Å²) in [5.41, 5.74) is 2.07. The van der Waals surface area contributed by atoms with Crippen molar-refractivity contribution in [1.82, 2.24) is 5.32 Å². The third kappa shape index (κ3) is 4.88. The van der Waals surface area contributed by atoms with Gasteiger partial charge in [0, 0.05) is 12.1 Å². The molecule has 2 rings (SSSR count). The molecule has 0 aliphatic heterocycles. The highest BCUT2D eigenvalue weighted by Crippen LogP contribution is 2.21. The highest BCUT2D eigenvalue weighted by atomic mass is 16.5. The number of hydrogen-bond acceptors (Lipinski definition) is 3. The molecule has 0 unspecified atom stereocenters. The maximum atomic E-state index is 12.1. The molecule has 1 aliphatic rings. The molecule has 0 heterocycles. The van der Waals surface area contributed by atoms with Crippen molar-refractivity contribution in [3.63, 3.8) is 0 Å². The molecule has 120 valence electrons. The van der Waals surface area contributed by atoms with Gasteiger partial charge in [-0.2, -0.15) is 0 Å². The Morgan fingerprint density at radius 2 is 2.00 bits per heavy atom. The highest BCUT2D eigenvalue weighted by molar-refractivity contribution is 5.88. The Labute approximate surface area is 132 Å². The molecular weight excluding hydrogens is 278 g/mol. The Bertz CT molecular complexity index is 531. The van der Waals surface area contributed by atoms with Gasteiger partial charge < -0.3 is 15.2 Å². The minimum absolute atomic E-state index is 0.0474.